The van der Waals surface area contributed by atoms with Gasteiger partial charge in [-0.05, 0) is 43.2 Å². The van der Waals surface area contributed by atoms with Crippen LogP contribution < -0.4 is 10.2 Å². The fourth-order valence-corrected chi connectivity index (χ4v) is 2.72. The van der Waals surface area contributed by atoms with Gasteiger partial charge in [0.25, 0.3) is 5.91 Å². The van der Waals surface area contributed by atoms with Gasteiger partial charge >= 0.3 is 0 Å². The van der Waals surface area contributed by atoms with Crippen LogP contribution in [0.25, 0.3) is 0 Å². The first-order valence-corrected chi connectivity index (χ1v) is 7.47. The van der Waals surface area contributed by atoms with Gasteiger partial charge in [0.1, 0.15) is 6.26 Å². The van der Waals surface area contributed by atoms with Gasteiger partial charge in [-0.15, -0.1) is 0 Å². The van der Waals surface area contributed by atoms with E-state index in [1.165, 1.54) is 12.5 Å². The molecule has 0 aliphatic carbocycles. The Balaban J connectivity index is 1.64. The van der Waals surface area contributed by atoms with E-state index in [4.69, 9.17) is 9.15 Å². The fraction of sp³-hybridized carbons (Fsp3) is 0.353. The summed E-state index contributed by atoms with van der Waals surface area (Å²) in [6.07, 6.45) is 5.47. The molecule has 5 nitrogen and oxygen atoms in total. The Labute approximate surface area is 129 Å². The van der Waals surface area contributed by atoms with E-state index < -0.39 is 0 Å². The molecule has 116 valence electrons. The molecule has 1 fully saturated rings. The molecule has 1 aromatic heterocycles. The average Bonchev–Trinajstić information content (AvgIpc) is 3.10. The Hall–Kier alpha value is -2.27. The van der Waals surface area contributed by atoms with E-state index >= 15 is 0 Å². The first-order valence-electron chi connectivity index (χ1n) is 7.47. The molecule has 1 N–H and O–H groups in total. The number of hydrogen-bond acceptors (Lipinski definition) is 4. The molecule has 0 spiro atoms. The molecule has 0 saturated carbocycles. The summed E-state index contributed by atoms with van der Waals surface area (Å²) in [4.78, 5) is 14.3. The highest BCUT2D eigenvalue weighted by molar-refractivity contribution is 6.04. The third-order valence-electron chi connectivity index (χ3n) is 3.99. The molecular formula is C17H20N2O3. The number of amides is 1. The molecule has 2 aromatic rings. The molecule has 0 bridgehead atoms. The average molecular weight is 300 g/mol. The Morgan fingerprint density at radius 2 is 2.14 bits per heavy atom. The van der Waals surface area contributed by atoms with Crippen LogP contribution in [0, 0.1) is 0 Å². The van der Waals surface area contributed by atoms with Crippen molar-refractivity contribution < 1.29 is 13.9 Å². The predicted molar refractivity (Wildman–Crippen MR) is 85.3 cm³/mol. The van der Waals surface area contributed by atoms with Gasteiger partial charge in [0.2, 0.25) is 0 Å². The second-order valence-corrected chi connectivity index (χ2v) is 5.46. The number of carbonyl (C=O) groups is 1. The maximum absolute atomic E-state index is 11.9. The van der Waals surface area contributed by atoms with E-state index in [1.54, 1.807) is 13.2 Å². The van der Waals surface area contributed by atoms with Crippen LogP contribution in [0.5, 0.6) is 0 Å². The summed E-state index contributed by atoms with van der Waals surface area (Å²) in [7, 11) is 1.77. The van der Waals surface area contributed by atoms with E-state index in [2.05, 4.69) is 10.2 Å². The zero-order valence-corrected chi connectivity index (χ0v) is 12.6. The Morgan fingerprint density at radius 3 is 2.82 bits per heavy atom. The summed E-state index contributed by atoms with van der Waals surface area (Å²) in [5.74, 6) is -0.168. The van der Waals surface area contributed by atoms with E-state index in [0.717, 1.165) is 37.3 Å². The van der Waals surface area contributed by atoms with Gasteiger partial charge in [-0.1, -0.05) is 0 Å². The van der Waals surface area contributed by atoms with Crippen molar-refractivity contribution in [2.75, 3.05) is 30.4 Å². The fourth-order valence-electron chi connectivity index (χ4n) is 2.72. The van der Waals surface area contributed by atoms with Crippen molar-refractivity contribution in [1.29, 1.82) is 0 Å². The van der Waals surface area contributed by atoms with Crippen LogP contribution in [0.3, 0.4) is 0 Å². The minimum absolute atomic E-state index is 0.168. The molecular weight excluding hydrogens is 280 g/mol. The molecule has 2 heterocycles. The molecule has 0 radical (unpaired) electrons. The summed E-state index contributed by atoms with van der Waals surface area (Å²) < 4.78 is 10.4. The number of furan rings is 1. The molecule has 22 heavy (non-hydrogen) atoms. The maximum Gasteiger partial charge on any atom is 0.258 e. The van der Waals surface area contributed by atoms with Crippen LogP contribution in [0.4, 0.5) is 11.4 Å². The summed E-state index contributed by atoms with van der Waals surface area (Å²) >= 11 is 0. The quantitative estimate of drug-likeness (QED) is 0.942. The van der Waals surface area contributed by atoms with Gasteiger partial charge < -0.3 is 19.4 Å². The van der Waals surface area contributed by atoms with E-state index in [9.17, 15) is 4.79 Å². The molecule has 0 unspecified atom stereocenters. The highest BCUT2D eigenvalue weighted by atomic mass is 16.5. The number of piperidine rings is 1. The maximum atomic E-state index is 11.9. The Morgan fingerprint density at radius 1 is 1.32 bits per heavy atom. The highest BCUT2D eigenvalue weighted by Crippen LogP contribution is 2.23. The zero-order chi connectivity index (χ0) is 15.4. The smallest absolute Gasteiger partial charge is 0.258 e. The van der Waals surface area contributed by atoms with Crippen molar-refractivity contribution in [2.45, 2.75) is 18.9 Å². The van der Waals surface area contributed by atoms with Gasteiger partial charge in [0.05, 0.1) is 17.9 Å². The molecule has 1 aliphatic rings. The number of rotatable bonds is 4. The summed E-state index contributed by atoms with van der Waals surface area (Å²) in [5.41, 5.74) is 2.45. The minimum atomic E-state index is -0.168. The zero-order valence-electron chi connectivity index (χ0n) is 12.6. The van der Waals surface area contributed by atoms with Crippen LogP contribution in [0.15, 0.2) is 47.3 Å². The molecule has 1 aliphatic heterocycles. The Bertz CT molecular complexity index is 607. The number of nitrogens with one attached hydrogen (secondary N) is 1. The largest absolute Gasteiger partial charge is 0.472 e. The highest BCUT2D eigenvalue weighted by Gasteiger charge is 2.19. The number of carbonyl (C=O) groups excluding carboxylic acids is 1. The predicted octanol–water partition coefficient (Wildman–Crippen LogP) is 3.15. The summed E-state index contributed by atoms with van der Waals surface area (Å²) in [5, 5.41) is 2.85. The van der Waals surface area contributed by atoms with E-state index in [1.807, 2.05) is 24.3 Å². The lowest BCUT2D eigenvalue weighted by atomic mass is 10.1. The van der Waals surface area contributed by atoms with Crippen LogP contribution in [-0.2, 0) is 4.74 Å². The van der Waals surface area contributed by atoms with Crippen molar-refractivity contribution in [3.63, 3.8) is 0 Å². The van der Waals surface area contributed by atoms with Crippen LogP contribution in [-0.4, -0.2) is 32.2 Å². The third kappa shape index (κ3) is 3.31. The second kappa shape index (κ2) is 6.66. The molecule has 5 heteroatoms. The minimum Gasteiger partial charge on any atom is -0.472 e. The van der Waals surface area contributed by atoms with Gasteiger partial charge in [-0.3, -0.25) is 4.79 Å². The number of anilines is 2. The summed E-state index contributed by atoms with van der Waals surface area (Å²) in [6, 6.07) is 9.54. The van der Waals surface area contributed by atoms with Crippen molar-refractivity contribution in [2.24, 2.45) is 0 Å². The number of methoxy groups -OCH3 is 1. The second-order valence-electron chi connectivity index (χ2n) is 5.46. The monoisotopic (exact) mass is 300 g/mol. The van der Waals surface area contributed by atoms with Crippen molar-refractivity contribution in [3.05, 3.63) is 48.4 Å². The Kier molecular flexibility index (Phi) is 4.44. The van der Waals surface area contributed by atoms with Gasteiger partial charge in [-0.2, -0.15) is 0 Å². The van der Waals surface area contributed by atoms with Crippen molar-refractivity contribution in [3.8, 4) is 0 Å². The number of hydrogen-bond donors (Lipinski definition) is 1. The standard InChI is InChI=1S/C17H20N2O3/c1-21-16-3-2-9-19(11-16)15-6-4-14(5-7-15)18-17(20)13-8-10-22-12-13/h4-8,10,12,16H,2-3,9,11H2,1H3,(H,18,20)/t16-/m1/s1. The van der Waals surface area contributed by atoms with Crippen LogP contribution >= 0.6 is 0 Å². The topological polar surface area (TPSA) is 54.7 Å². The number of ether oxygens (including phenoxy) is 1. The lowest BCUT2D eigenvalue weighted by molar-refractivity contribution is 0.0893. The SMILES string of the molecule is CO[C@@H]1CCCN(c2ccc(NC(=O)c3ccoc3)cc2)C1. The van der Waals surface area contributed by atoms with Crippen molar-refractivity contribution in [1.82, 2.24) is 0 Å². The van der Waals surface area contributed by atoms with E-state index in [-0.39, 0.29) is 5.91 Å². The first-order chi connectivity index (χ1) is 10.8. The van der Waals surface area contributed by atoms with Crippen molar-refractivity contribution >= 4 is 17.3 Å². The van der Waals surface area contributed by atoms with Gasteiger partial charge in [-0.25, -0.2) is 0 Å². The van der Waals surface area contributed by atoms with Gasteiger partial charge in [0.15, 0.2) is 0 Å². The van der Waals surface area contributed by atoms with Crippen LogP contribution in [0.2, 0.25) is 0 Å². The van der Waals surface area contributed by atoms with E-state index in [0.29, 0.717) is 11.7 Å². The molecule has 1 saturated heterocycles. The molecule has 3 rings (SSSR count). The first kappa shape index (κ1) is 14.7. The molecule has 1 atom stereocenters. The lowest BCUT2D eigenvalue weighted by Gasteiger charge is -2.33. The molecule has 1 aromatic carbocycles. The number of benzene rings is 1. The van der Waals surface area contributed by atoms with Crippen LogP contribution in [0.1, 0.15) is 23.2 Å². The normalized spacial score (nSPS) is 18.2. The third-order valence-corrected chi connectivity index (χ3v) is 3.99. The lowest BCUT2D eigenvalue weighted by Crippen LogP contribution is -2.39. The number of nitrogens with zero attached hydrogens (tertiary/aromatic N) is 1. The summed E-state index contributed by atoms with van der Waals surface area (Å²) in [6.45, 7) is 1.96. The molecule has 1 amide bonds. The van der Waals surface area contributed by atoms with Gasteiger partial charge in [0, 0.05) is 31.6 Å².